The van der Waals surface area contributed by atoms with Gasteiger partial charge in [-0.1, -0.05) is 97.0 Å². The van der Waals surface area contributed by atoms with Gasteiger partial charge in [0.2, 0.25) is 0 Å². The van der Waals surface area contributed by atoms with Crippen LogP contribution in [0.15, 0.2) is 12.2 Å². The van der Waals surface area contributed by atoms with E-state index in [-0.39, 0.29) is 5.97 Å². The Morgan fingerprint density at radius 1 is 0.696 bits per heavy atom. The topological polar surface area (TPSA) is 26.3 Å². The highest BCUT2D eigenvalue weighted by Gasteiger charge is 1.95. The molecule has 136 valence electrons. The predicted octanol–water partition coefficient (Wildman–Crippen LogP) is 6.98. The lowest BCUT2D eigenvalue weighted by Gasteiger charge is -2.02. The van der Waals surface area contributed by atoms with E-state index in [0.717, 1.165) is 12.8 Å². The summed E-state index contributed by atoms with van der Waals surface area (Å²) in [6.45, 7) is 4.81. The van der Waals surface area contributed by atoms with E-state index in [2.05, 4.69) is 6.92 Å². The van der Waals surface area contributed by atoms with Crippen molar-refractivity contribution in [1.82, 2.24) is 0 Å². The van der Waals surface area contributed by atoms with E-state index >= 15 is 0 Å². The standard InChI is InChI=1S/C21H40O2/c1-3-5-6-7-8-9-10-11-12-13-14-15-16-17-18-19-21(22)23-20-4-2/h18-19H,3-17,20H2,1-2H3. The molecule has 0 amide bonds. The molecule has 0 fully saturated rings. The second kappa shape index (κ2) is 19.3. The van der Waals surface area contributed by atoms with Crippen molar-refractivity contribution in [2.45, 2.75) is 110 Å². The van der Waals surface area contributed by atoms with Gasteiger partial charge in [0, 0.05) is 6.08 Å². The molecule has 0 aromatic rings. The molecule has 0 saturated heterocycles. The van der Waals surface area contributed by atoms with Gasteiger partial charge in [-0.25, -0.2) is 4.79 Å². The van der Waals surface area contributed by atoms with Gasteiger partial charge in [0.25, 0.3) is 0 Å². The van der Waals surface area contributed by atoms with Gasteiger partial charge < -0.3 is 4.74 Å². The van der Waals surface area contributed by atoms with Crippen LogP contribution in [-0.4, -0.2) is 12.6 Å². The van der Waals surface area contributed by atoms with Crippen molar-refractivity contribution in [3.8, 4) is 0 Å². The van der Waals surface area contributed by atoms with Crippen molar-refractivity contribution in [1.29, 1.82) is 0 Å². The molecule has 0 bridgehead atoms. The smallest absolute Gasteiger partial charge is 0.330 e. The average Bonchev–Trinajstić information content (AvgIpc) is 2.56. The lowest BCUT2D eigenvalue weighted by Crippen LogP contribution is -2.00. The van der Waals surface area contributed by atoms with Crippen molar-refractivity contribution in [2.75, 3.05) is 6.61 Å². The van der Waals surface area contributed by atoms with Gasteiger partial charge in [-0.3, -0.25) is 0 Å². The quantitative estimate of drug-likeness (QED) is 0.164. The summed E-state index contributed by atoms with van der Waals surface area (Å²) in [5.41, 5.74) is 0. The summed E-state index contributed by atoms with van der Waals surface area (Å²) in [6, 6.07) is 0. The van der Waals surface area contributed by atoms with E-state index in [1.54, 1.807) is 6.08 Å². The van der Waals surface area contributed by atoms with Crippen molar-refractivity contribution in [2.24, 2.45) is 0 Å². The summed E-state index contributed by atoms with van der Waals surface area (Å²) in [7, 11) is 0. The lowest BCUT2D eigenvalue weighted by atomic mass is 10.0. The van der Waals surface area contributed by atoms with Crippen LogP contribution in [0.3, 0.4) is 0 Å². The Hall–Kier alpha value is -0.790. The van der Waals surface area contributed by atoms with Crippen LogP contribution in [0.1, 0.15) is 110 Å². The molecule has 23 heavy (non-hydrogen) atoms. The van der Waals surface area contributed by atoms with Crippen LogP contribution in [0.2, 0.25) is 0 Å². The van der Waals surface area contributed by atoms with E-state index in [1.165, 1.54) is 83.5 Å². The van der Waals surface area contributed by atoms with Crippen molar-refractivity contribution < 1.29 is 9.53 Å². The Kier molecular flexibility index (Phi) is 18.6. The molecule has 0 aromatic heterocycles. The Morgan fingerprint density at radius 3 is 1.65 bits per heavy atom. The number of carbonyl (C=O) groups is 1. The van der Waals surface area contributed by atoms with Gasteiger partial charge >= 0.3 is 5.97 Å². The number of ether oxygens (including phenoxy) is 1. The normalized spacial score (nSPS) is 11.2. The summed E-state index contributed by atoms with van der Waals surface area (Å²) in [5, 5.41) is 0. The van der Waals surface area contributed by atoms with Crippen LogP contribution in [0.4, 0.5) is 0 Å². The van der Waals surface area contributed by atoms with Crippen LogP contribution < -0.4 is 0 Å². The molecule has 0 aromatic carbocycles. The first kappa shape index (κ1) is 22.2. The molecule has 0 aliphatic rings. The van der Waals surface area contributed by atoms with Crippen molar-refractivity contribution in [3.05, 3.63) is 12.2 Å². The zero-order valence-corrected chi connectivity index (χ0v) is 15.8. The number of allylic oxidation sites excluding steroid dienone is 1. The third-order valence-corrected chi connectivity index (χ3v) is 4.18. The van der Waals surface area contributed by atoms with Crippen LogP contribution in [0.25, 0.3) is 0 Å². The molecule has 0 atom stereocenters. The molecule has 0 saturated carbocycles. The molecule has 0 N–H and O–H groups in total. The SMILES string of the molecule is CCCCCCCCCCCCCCCC=CC(=O)OCCC. The molecule has 0 unspecified atom stereocenters. The average molecular weight is 325 g/mol. The van der Waals surface area contributed by atoms with E-state index in [1.807, 2.05) is 13.0 Å². The third kappa shape index (κ3) is 19.2. The van der Waals surface area contributed by atoms with Crippen LogP contribution in [0, 0.1) is 0 Å². The molecule has 2 nitrogen and oxygen atoms in total. The number of unbranched alkanes of at least 4 members (excludes halogenated alkanes) is 13. The maximum atomic E-state index is 11.2. The van der Waals surface area contributed by atoms with Gasteiger partial charge in [0.05, 0.1) is 6.61 Å². The van der Waals surface area contributed by atoms with Crippen molar-refractivity contribution >= 4 is 5.97 Å². The fourth-order valence-corrected chi connectivity index (χ4v) is 2.71. The second-order valence-corrected chi connectivity index (χ2v) is 6.60. The van der Waals surface area contributed by atoms with Gasteiger partial charge in [0.15, 0.2) is 0 Å². The first-order chi connectivity index (χ1) is 11.3. The zero-order chi connectivity index (χ0) is 17.0. The second-order valence-electron chi connectivity index (χ2n) is 6.60. The molecule has 0 spiro atoms. The minimum Gasteiger partial charge on any atom is -0.463 e. The molecule has 0 aliphatic heterocycles. The fourth-order valence-electron chi connectivity index (χ4n) is 2.71. The minimum absolute atomic E-state index is 0.193. The Bertz CT molecular complexity index is 271. The summed E-state index contributed by atoms with van der Waals surface area (Å²) in [4.78, 5) is 11.2. The molecular weight excluding hydrogens is 284 g/mol. The van der Waals surface area contributed by atoms with E-state index < -0.39 is 0 Å². The molecule has 0 rings (SSSR count). The molecule has 0 radical (unpaired) electrons. The number of rotatable bonds is 17. The highest BCUT2D eigenvalue weighted by molar-refractivity contribution is 5.81. The Labute approximate surface area is 145 Å². The largest absolute Gasteiger partial charge is 0.463 e. The van der Waals surface area contributed by atoms with Crippen LogP contribution in [-0.2, 0) is 9.53 Å². The maximum Gasteiger partial charge on any atom is 0.330 e. The zero-order valence-electron chi connectivity index (χ0n) is 15.8. The first-order valence-electron chi connectivity index (χ1n) is 10.1. The van der Waals surface area contributed by atoms with E-state index in [4.69, 9.17) is 4.74 Å². The molecule has 0 heterocycles. The Morgan fingerprint density at radius 2 is 1.17 bits per heavy atom. The van der Waals surface area contributed by atoms with Gasteiger partial charge in [-0.05, 0) is 19.3 Å². The summed E-state index contributed by atoms with van der Waals surface area (Å²) in [5.74, 6) is -0.193. The summed E-state index contributed by atoms with van der Waals surface area (Å²) >= 11 is 0. The number of hydrogen-bond acceptors (Lipinski definition) is 2. The Balaban J connectivity index is 3.13. The number of esters is 1. The number of hydrogen-bond donors (Lipinski definition) is 0. The fraction of sp³-hybridized carbons (Fsp3) is 0.857. The molecular formula is C21H40O2. The summed E-state index contributed by atoms with van der Waals surface area (Å²) in [6.07, 6.45) is 23.3. The van der Waals surface area contributed by atoms with Gasteiger partial charge in [0.1, 0.15) is 0 Å². The highest BCUT2D eigenvalue weighted by atomic mass is 16.5. The molecule has 2 heteroatoms. The summed E-state index contributed by atoms with van der Waals surface area (Å²) < 4.78 is 4.98. The van der Waals surface area contributed by atoms with E-state index in [9.17, 15) is 4.79 Å². The first-order valence-corrected chi connectivity index (χ1v) is 10.1. The van der Waals surface area contributed by atoms with Crippen LogP contribution in [0.5, 0.6) is 0 Å². The minimum atomic E-state index is -0.193. The maximum absolute atomic E-state index is 11.2. The third-order valence-electron chi connectivity index (χ3n) is 4.18. The predicted molar refractivity (Wildman–Crippen MR) is 101 cm³/mol. The van der Waals surface area contributed by atoms with Crippen LogP contribution >= 0.6 is 0 Å². The monoisotopic (exact) mass is 324 g/mol. The number of carbonyl (C=O) groups excluding carboxylic acids is 1. The lowest BCUT2D eigenvalue weighted by molar-refractivity contribution is -0.137. The van der Waals surface area contributed by atoms with Gasteiger partial charge in [-0.2, -0.15) is 0 Å². The van der Waals surface area contributed by atoms with Crippen molar-refractivity contribution in [3.63, 3.8) is 0 Å². The van der Waals surface area contributed by atoms with Gasteiger partial charge in [-0.15, -0.1) is 0 Å². The molecule has 0 aliphatic carbocycles. The highest BCUT2D eigenvalue weighted by Crippen LogP contribution is 2.12. The van der Waals surface area contributed by atoms with E-state index in [0.29, 0.717) is 6.61 Å².